The van der Waals surface area contributed by atoms with Crippen LogP contribution in [0.4, 0.5) is 18.9 Å². The van der Waals surface area contributed by atoms with E-state index in [1.54, 1.807) is 24.3 Å². The highest BCUT2D eigenvalue weighted by molar-refractivity contribution is 6.32. The van der Waals surface area contributed by atoms with Crippen LogP contribution in [0.1, 0.15) is 15.9 Å². The maximum Gasteiger partial charge on any atom is 0.422 e. The number of carbonyl (C=O) groups is 2. The van der Waals surface area contributed by atoms with Gasteiger partial charge in [-0.1, -0.05) is 23.7 Å². The Morgan fingerprint density at radius 2 is 1.88 bits per heavy atom. The molecule has 0 saturated heterocycles. The van der Waals surface area contributed by atoms with Gasteiger partial charge < -0.3 is 15.8 Å². The second-order valence-electron chi connectivity index (χ2n) is 5.21. The number of alkyl halides is 3. The van der Waals surface area contributed by atoms with Crippen molar-refractivity contribution in [3.63, 3.8) is 0 Å². The number of nitrogens with one attached hydrogen (secondary N) is 1. The van der Waals surface area contributed by atoms with Gasteiger partial charge in [-0.3, -0.25) is 9.59 Å². The maximum atomic E-state index is 12.2. The Morgan fingerprint density at radius 1 is 1.23 bits per heavy atom. The molecule has 1 aromatic carbocycles. The summed E-state index contributed by atoms with van der Waals surface area (Å²) in [5.74, 6) is -1.46. The van der Waals surface area contributed by atoms with Gasteiger partial charge in [-0.15, -0.1) is 0 Å². The molecular formula is C16H13ClF3N3O3. The highest BCUT2D eigenvalue weighted by Gasteiger charge is 2.29. The predicted octanol–water partition coefficient (Wildman–Crippen LogP) is 2.96. The minimum absolute atomic E-state index is 0.0376. The van der Waals surface area contributed by atoms with Gasteiger partial charge in [0, 0.05) is 11.9 Å². The lowest BCUT2D eigenvalue weighted by molar-refractivity contribution is -0.154. The van der Waals surface area contributed by atoms with Crippen LogP contribution in [-0.4, -0.2) is 29.6 Å². The molecule has 0 aliphatic carbocycles. The lowest BCUT2D eigenvalue weighted by Gasteiger charge is -2.10. The lowest BCUT2D eigenvalue weighted by atomic mass is 10.1. The summed E-state index contributed by atoms with van der Waals surface area (Å²) in [5.41, 5.74) is 6.26. The molecule has 2 amide bonds. The zero-order valence-corrected chi connectivity index (χ0v) is 13.9. The van der Waals surface area contributed by atoms with Crippen molar-refractivity contribution < 1.29 is 27.5 Å². The summed E-state index contributed by atoms with van der Waals surface area (Å²) in [6, 6.07) is 7.55. The number of primary amides is 1. The van der Waals surface area contributed by atoms with Gasteiger partial charge in [0.2, 0.25) is 11.8 Å². The molecular weight excluding hydrogens is 375 g/mol. The average Bonchev–Trinajstić information content (AvgIpc) is 2.54. The number of ether oxygens (including phenoxy) is 1. The molecule has 2 aromatic rings. The van der Waals surface area contributed by atoms with E-state index >= 15 is 0 Å². The van der Waals surface area contributed by atoms with Gasteiger partial charge >= 0.3 is 6.18 Å². The molecule has 1 heterocycles. The number of nitrogens with zero attached hydrogens (tertiary/aromatic N) is 1. The number of benzene rings is 1. The van der Waals surface area contributed by atoms with Crippen LogP contribution in [0.5, 0.6) is 5.88 Å². The Balaban J connectivity index is 2.03. The molecule has 2 rings (SSSR count). The first-order valence-electron chi connectivity index (χ1n) is 7.18. The second-order valence-corrected chi connectivity index (χ2v) is 5.62. The third-order valence-corrected chi connectivity index (χ3v) is 3.30. The van der Waals surface area contributed by atoms with Crippen LogP contribution in [0.25, 0.3) is 0 Å². The number of aromatic nitrogens is 1. The normalized spacial score (nSPS) is 11.1. The molecule has 10 heteroatoms. The Labute approximate surface area is 151 Å². The molecule has 138 valence electrons. The van der Waals surface area contributed by atoms with Crippen molar-refractivity contribution in [2.75, 3.05) is 11.9 Å². The van der Waals surface area contributed by atoms with Gasteiger partial charge in [-0.25, -0.2) is 4.98 Å². The van der Waals surface area contributed by atoms with Crippen molar-refractivity contribution in [3.8, 4) is 5.88 Å². The molecule has 0 atom stereocenters. The molecule has 0 fully saturated rings. The largest absolute Gasteiger partial charge is 0.467 e. The number of hydrogen-bond donors (Lipinski definition) is 2. The van der Waals surface area contributed by atoms with E-state index in [4.69, 9.17) is 17.3 Å². The average molecular weight is 388 g/mol. The predicted molar refractivity (Wildman–Crippen MR) is 88.1 cm³/mol. The summed E-state index contributed by atoms with van der Waals surface area (Å²) in [7, 11) is 0. The van der Waals surface area contributed by atoms with Crippen LogP contribution in [0.2, 0.25) is 5.02 Å². The quantitative estimate of drug-likeness (QED) is 0.796. The number of nitrogens with two attached hydrogens (primary N) is 1. The van der Waals surface area contributed by atoms with E-state index in [0.717, 1.165) is 12.3 Å². The highest BCUT2D eigenvalue weighted by atomic mass is 35.5. The highest BCUT2D eigenvalue weighted by Crippen LogP contribution is 2.25. The van der Waals surface area contributed by atoms with E-state index < -0.39 is 30.5 Å². The number of hydrogen-bond acceptors (Lipinski definition) is 4. The van der Waals surface area contributed by atoms with Gasteiger partial charge in [0.15, 0.2) is 6.61 Å². The van der Waals surface area contributed by atoms with Crippen molar-refractivity contribution in [1.29, 1.82) is 0 Å². The fourth-order valence-electron chi connectivity index (χ4n) is 1.92. The van der Waals surface area contributed by atoms with Gasteiger partial charge in [0.05, 0.1) is 12.0 Å². The molecule has 3 N–H and O–H groups in total. The fourth-order valence-corrected chi connectivity index (χ4v) is 2.14. The summed E-state index contributed by atoms with van der Waals surface area (Å²) < 4.78 is 40.9. The monoisotopic (exact) mass is 387 g/mol. The first-order valence-corrected chi connectivity index (χ1v) is 7.55. The number of anilines is 1. The van der Waals surface area contributed by atoms with E-state index in [1.165, 1.54) is 0 Å². The van der Waals surface area contributed by atoms with Crippen molar-refractivity contribution in [3.05, 3.63) is 52.7 Å². The van der Waals surface area contributed by atoms with E-state index in [9.17, 15) is 22.8 Å². The van der Waals surface area contributed by atoms with Gasteiger partial charge in [-0.2, -0.15) is 13.2 Å². The van der Waals surface area contributed by atoms with Gasteiger partial charge in [0.25, 0.3) is 5.91 Å². The molecule has 1 aromatic heterocycles. The standard InChI is InChI=1S/C16H13ClF3N3O3/c17-12-6-10(7-22-15(12)26-8-16(18,19)20)14(25)23-11-3-1-9(2-4-11)5-13(21)24/h1-4,6-7H,5,8H2,(H2,21,24)(H,23,25). The molecule has 0 radical (unpaired) electrons. The van der Waals surface area contributed by atoms with Crippen LogP contribution >= 0.6 is 11.6 Å². The first kappa shape index (κ1) is 19.5. The Morgan fingerprint density at radius 3 is 2.42 bits per heavy atom. The number of halogens is 4. The number of amides is 2. The van der Waals surface area contributed by atoms with Gasteiger partial charge in [-0.05, 0) is 23.8 Å². The maximum absolute atomic E-state index is 12.2. The van der Waals surface area contributed by atoms with Crippen LogP contribution in [0, 0.1) is 0 Å². The molecule has 0 spiro atoms. The molecule has 26 heavy (non-hydrogen) atoms. The molecule has 6 nitrogen and oxygen atoms in total. The lowest BCUT2D eigenvalue weighted by Crippen LogP contribution is -2.20. The number of pyridine rings is 1. The first-order chi connectivity index (χ1) is 12.1. The molecule has 0 saturated carbocycles. The van der Waals surface area contributed by atoms with Gasteiger partial charge in [0.1, 0.15) is 5.02 Å². The summed E-state index contributed by atoms with van der Waals surface area (Å²) in [6.45, 7) is -1.54. The van der Waals surface area contributed by atoms with E-state index in [2.05, 4.69) is 15.0 Å². The SMILES string of the molecule is NC(=O)Cc1ccc(NC(=O)c2cnc(OCC(F)(F)F)c(Cl)c2)cc1. The Kier molecular flexibility index (Phi) is 6.04. The summed E-state index contributed by atoms with van der Waals surface area (Å²) in [4.78, 5) is 26.6. The minimum atomic E-state index is -4.53. The summed E-state index contributed by atoms with van der Waals surface area (Å²) in [5, 5.41) is 2.34. The minimum Gasteiger partial charge on any atom is -0.467 e. The van der Waals surface area contributed by atoms with Crippen molar-refractivity contribution in [1.82, 2.24) is 4.98 Å². The zero-order valence-electron chi connectivity index (χ0n) is 13.1. The van der Waals surface area contributed by atoms with Crippen molar-refractivity contribution in [2.45, 2.75) is 12.6 Å². The van der Waals surface area contributed by atoms with E-state index in [-0.39, 0.29) is 17.0 Å². The third-order valence-electron chi connectivity index (χ3n) is 3.03. The van der Waals surface area contributed by atoms with Crippen LogP contribution < -0.4 is 15.8 Å². The number of rotatable bonds is 6. The topological polar surface area (TPSA) is 94.3 Å². The van der Waals surface area contributed by atoms with Crippen molar-refractivity contribution in [2.24, 2.45) is 5.73 Å². The third kappa shape index (κ3) is 5.92. The van der Waals surface area contributed by atoms with Crippen molar-refractivity contribution >= 4 is 29.1 Å². The zero-order chi connectivity index (χ0) is 19.3. The Bertz CT molecular complexity index is 811. The van der Waals surface area contributed by atoms with E-state index in [1.807, 2.05) is 0 Å². The second kappa shape index (κ2) is 8.05. The fraction of sp³-hybridized carbons (Fsp3) is 0.188. The molecule has 0 aliphatic heterocycles. The molecule has 0 bridgehead atoms. The summed E-state index contributed by atoms with van der Waals surface area (Å²) in [6.07, 6.45) is -3.40. The Hall–Kier alpha value is -2.81. The van der Waals surface area contributed by atoms with Crippen LogP contribution in [-0.2, 0) is 11.2 Å². The number of carbonyl (C=O) groups excluding carboxylic acids is 2. The molecule has 0 aliphatic rings. The molecule has 0 unspecified atom stereocenters. The van der Waals surface area contributed by atoms with E-state index in [0.29, 0.717) is 11.3 Å². The summed E-state index contributed by atoms with van der Waals surface area (Å²) >= 11 is 5.80. The van der Waals surface area contributed by atoms with Crippen LogP contribution in [0.15, 0.2) is 36.5 Å². The van der Waals surface area contributed by atoms with Crippen LogP contribution in [0.3, 0.4) is 0 Å². The smallest absolute Gasteiger partial charge is 0.422 e.